The molecular formula is C11H12N2O2. The van der Waals surface area contributed by atoms with E-state index in [4.69, 9.17) is 0 Å². The van der Waals surface area contributed by atoms with Crippen LogP contribution in [0.15, 0.2) is 18.3 Å². The summed E-state index contributed by atoms with van der Waals surface area (Å²) in [6, 6.07) is 3.32. The van der Waals surface area contributed by atoms with Crippen LogP contribution >= 0.6 is 0 Å². The minimum absolute atomic E-state index is 0.212. The molecule has 1 aliphatic rings. The normalized spacial score (nSPS) is 14.6. The van der Waals surface area contributed by atoms with E-state index >= 15 is 0 Å². The third-order valence-electron chi connectivity index (χ3n) is 2.47. The Morgan fingerprint density at radius 1 is 1.33 bits per heavy atom. The lowest BCUT2D eigenvalue weighted by atomic mass is 10.2. The highest BCUT2D eigenvalue weighted by Crippen LogP contribution is 2.20. The van der Waals surface area contributed by atoms with Crippen molar-refractivity contribution in [1.29, 1.82) is 0 Å². The number of amides is 2. The first kappa shape index (κ1) is 9.83. The van der Waals surface area contributed by atoms with Gasteiger partial charge < -0.3 is 0 Å². The van der Waals surface area contributed by atoms with Gasteiger partial charge in [0.1, 0.15) is 5.69 Å². The van der Waals surface area contributed by atoms with E-state index in [1.807, 2.05) is 6.92 Å². The Kier molecular flexibility index (Phi) is 2.49. The summed E-state index contributed by atoms with van der Waals surface area (Å²) in [4.78, 5) is 28.7. The van der Waals surface area contributed by atoms with E-state index in [2.05, 4.69) is 4.98 Å². The number of carbonyl (C=O) groups excluding carboxylic acids is 2. The Morgan fingerprint density at radius 3 is 2.80 bits per heavy atom. The van der Waals surface area contributed by atoms with Crippen LogP contribution in [0.3, 0.4) is 0 Å². The van der Waals surface area contributed by atoms with Crippen molar-refractivity contribution in [3.8, 4) is 0 Å². The number of imide groups is 1. The minimum atomic E-state index is -0.260. The van der Waals surface area contributed by atoms with E-state index in [9.17, 15) is 9.59 Å². The molecule has 0 bridgehead atoms. The van der Waals surface area contributed by atoms with Crippen molar-refractivity contribution in [2.45, 2.75) is 19.8 Å². The SMILES string of the molecule is CCCCN1C(=O)c2cccnc2C1=O. The molecule has 0 saturated heterocycles. The lowest BCUT2D eigenvalue weighted by Gasteiger charge is -2.11. The van der Waals surface area contributed by atoms with Gasteiger partial charge >= 0.3 is 0 Å². The quantitative estimate of drug-likeness (QED) is 0.701. The van der Waals surface area contributed by atoms with Crippen LogP contribution in [0.2, 0.25) is 0 Å². The Balaban J connectivity index is 2.29. The van der Waals surface area contributed by atoms with Crippen molar-refractivity contribution >= 4 is 11.8 Å². The van der Waals surface area contributed by atoms with Gasteiger partial charge in [-0.2, -0.15) is 0 Å². The number of hydrogen-bond donors (Lipinski definition) is 0. The summed E-state index contributed by atoms with van der Waals surface area (Å²) in [5.74, 6) is -0.472. The van der Waals surface area contributed by atoms with Crippen molar-refractivity contribution in [3.05, 3.63) is 29.6 Å². The van der Waals surface area contributed by atoms with Crippen molar-refractivity contribution in [3.63, 3.8) is 0 Å². The Bertz CT molecular complexity index is 380. The summed E-state index contributed by atoms with van der Waals surface area (Å²) in [5.41, 5.74) is 0.720. The third-order valence-corrected chi connectivity index (χ3v) is 2.47. The Labute approximate surface area is 87.9 Å². The number of rotatable bonds is 3. The average molecular weight is 204 g/mol. The predicted octanol–water partition coefficient (Wildman–Crippen LogP) is 1.48. The fourth-order valence-electron chi connectivity index (χ4n) is 1.63. The number of hydrogen-bond acceptors (Lipinski definition) is 3. The monoisotopic (exact) mass is 204 g/mol. The molecule has 15 heavy (non-hydrogen) atoms. The lowest BCUT2D eigenvalue weighted by Crippen LogP contribution is -2.30. The number of unbranched alkanes of at least 4 members (excludes halogenated alkanes) is 1. The van der Waals surface area contributed by atoms with Gasteiger partial charge in [0.05, 0.1) is 5.56 Å². The van der Waals surface area contributed by atoms with Crippen LogP contribution in [-0.2, 0) is 0 Å². The fraction of sp³-hybridized carbons (Fsp3) is 0.364. The van der Waals surface area contributed by atoms with Crippen LogP contribution in [0.4, 0.5) is 0 Å². The molecule has 0 saturated carbocycles. The van der Waals surface area contributed by atoms with E-state index < -0.39 is 0 Å². The standard InChI is InChI=1S/C11H12N2O2/c1-2-3-7-13-10(14)8-5-4-6-12-9(8)11(13)15/h4-6H,2-3,7H2,1H3. The highest BCUT2D eigenvalue weighted by Gasteiger charge is 2.35. The number of fused-ring (bicyclic) bond motifs is 1. The van der Waals surface area contributed by atoms with E-state index in [1.54, 1.807) is 12.1 Å². The van der Waals surface area contributed by atoms with Gasteiger partial charge in [0.2, 0.25) is 0 Å². The van der Waals surface area contributed by atoms with Gasteiger partial charge in [0.15, 0.2) is 0 Å². The van der Waals surface area contributed by atoms with Gasteiger partial charge in [-0.1, -0.05) is 13.3 Å². The molecule has 1 aliphatic heterocycles. The van der Waals surface area contributed by atoms with Crippen molar-refractivity contribution < 1.29 is 9.59 Å². The zero-order chi connectivity index (χ0) is 10.8. The molecule has 0 spiro atoms. The van der Waals surface area contributed by atoms with Gasteiger partial charge in [-0.15, -0.1) is 0 Å². The summed E-state index contributed by atoms with van der Waals surface area (Å²) in [6.07, 6.45) is 3.33. The van der Waals surface area contributed by atoms with Crippen LogP contribution < -0.4 is 0 Å². The van der Waals surface area contributed by atoms with Gasteiger partial charge in [-0.05, 0) is 18.6 Å². The largest absolute Gasteiger partial charge is 0.280 e. The molecule has 0 fully saturated rings. The molecular weight excluding hydrogens is 192 g/mol. The van der Waals surface area contributed by atoms with Crippen LogP contribution in [0, 0.1) is 0 Å². The molecule has 2 amide bonds. The van der Waals surface area contributed by atoms with Crippen LogP contribution in [0.5, 0.6) is 0 Å². The summed E-state index contributed by atoms with van der Waals surface area (Å²) in [7, 11) is 0. The van der Waals surface area contributed by atoms with Crippen LogP contribution in [-0.4, -0.2) is 28.2 Å². The second-order valence-electron chi connectivity index (χ2n) is 3.52. The molecule has 0 N–H and O–H groups in total. The van der Waals surface area contributed by atoms with E-state index in [-0.39, 0.29) is 11.8 Å². The topological polar surface area (TPSA) is 50.3 Å². The molecule has 1 aromatic rings. The number of carbonyl (C=O) groups is 2. The molecule has 2 rings (SSSR count). The number of aromatic nitrogens is 1. The smallest absolute Gasteiger partial charge is 0.273 e. The molecule has 4 heteroatoms. The summed E-state index contributed by atoms with van der Waals surface area (Å²) in [5, 5.41) is 0. The number of nitrogens with zero attached hydrogens (tertiary/aromatic N) is 2. The molecule has 78 valence electrons. The Hall–Kier alpha value is -1.71. The molecule has 1 aromatic heterocycles. The maximum absolute atomic E-state index is 11.8. The van der Waals surface area contributed by atoms with E-state index in [1.165, 1.54) is 11.1 Å². The van der Waals surface area contributed by atoms with E-state index in [0.29, 0.717) is 17.8 Å². The molecule has 4 nitrogen and oxygen atoms in total. The van der Waals surface area contributed by atoms with Gasteiger partial charge in [0.25, 0.3) is 11.8 Å². The van der Waals surface area contributed by atoms with Gasteiger partial charge in [0, 0.05) is 12.7 Å². The maximum atomic E-state index is 11.8. The predicted molar refractivity (Wildman–Crippen MR) is 54.5 cm³/mol. The molecule has 2 heterocycles. The highest BCUT2D eigenvalue weighted by atomic mass is 16.2. The zero-order valence-electron chi connectivity index (χ0n) is 8.56. The fourth-order valence-corrected chi connectivity index (χ4v) is 1.63. The van der Waals surface area contributed by atoms with Crippen LogP contribution in [0.1, 0.15) is 40.6 Å². The molecule has 0 aromatic carbocycles. The van der Waals surface area contributed by atoms with Crippen molar-refractivity contribution in [1.82, 2.24) is 9.88 Å². The third kappa shape index (κ3) is 1.52. The zero-order valence-corrected chi connectivity index (χ0v) is 8.56. The second kappa shape index (κ2) is 3.81. The molecule has 0 radical (unpaired) electrons. The molecule has 0 unspecified atom stereocenters. The molecule has 0 aliphatic carbocycles. The first-order chi connectivity index (χ1) is 7.25. The first-order valence-electron chi connectivity index (χ1n) is 5.07. The maximum Gasteiger partial charge on any atom is 0.280 e. The Morgan fingerprint density at radius 2 is 2.13 bits per heavy atom. The molecule has 0 atom stereocenters. The second-order valence-corrected chi connectivity index (χ2v) is 3.52. The highest BCUT2D eigenvalue weighted by molar-refractivity contribution is 6.20. The summed E-state index contributed by atoms with van der Waals surface area (Å²) >= 11 is 0. The van der Waals surface area contributed by atoms with Gasteiger partial charge in [-0.3, -0.25) is 19.5 Å². The van der Waals surface area contributed by atoms with Crippen LogP contribution in [0.25, 0.3) is 0 Å². The minimum Gasteiger partial charge on any atom is -0.273 e. The van der Waals surface area contributed by atoms with E-state index in [0.717, 1.165) is 12.8 Å². The summed E-state index contributed by atoms with van der Waals surface area (Å²) < 4.78 is 0. The first-order valence-corrected chi connectivity index (χ1v) is 5.07. The number of pyridine rings is 1. The van der Waals surface area contributed by atoms with Crippen molar-refractivity contribution in [2.24, 2.45) is 0 Å². The van der Waals surface area contributed by atoms with Gasteiger partial charge in [-0.25, -0.2) is 0 Å². The van der Waals surface area contributed by atoms with Crippen molar-refractivity contribution in [2.75, 3.05) is 6.54 Å². The summed E-state index contributed by atoms with van der Waals surface area (Å²) in [6.45, 7) is 2.51. The average Bonchev–Trinajstić information content (AvgIpc) is 2.51. The lowest BCUT2D eigenvalue weighted by molar-refractivity contribution is 0.0650.